The highest BCUT2D eigenvalue weighted by molar-refractivity contribution is 5.48. The van der Waals surface area contributed by atoms with Crippen molar-refractivity contribution in [1.29, 1.82) is 0 Å². The van der Waals surface area contributed by atoms with Crippen molar-refractivity contribution in [2.75, 3.05) is 12.4 Å². The lowest BCUT2D eigenvalue weighted by molar-refractivity contribution is 0.409. The zero-order chi connectivity index (χ0) is 16.9. The van der Waals surface area contributed by atoms with Crippen molar-refractivity contribution in [1.82, 2.24) is 10.2 Å². The second-order valence-electron chi connectivity index (χ2n) is 5.33. The van der Waals surface area contributed by atoms with Crippen LogP contribution in [0.15, 0.2) is 52.9 Å². The van der Waals surface area contributed by atoms with E-state index in [0.29, 0.717) is 11.8 Å². The van der Waals surface area contributed by atoms with Gasteiger partial charge in [-0.05, 0) is 43.3 Å². The van der Waals surface area contributed by atoms with E-state index in [2.05, 4.69) is 15.5 Å². The summed E-state index contributed by atoms with van der Waals surface area (Å²) in [5, 5.41) is 11.2. The molecule has 6 nitrogen and oxygen atoms in total. The molecule has 0 aliphatic rings. The molecule has 0 spiro atoms. The highest BCUT2D eigenvalue weighted by Crippen LogP contribution is 2.27. The molecule has 1 N–H and O–H groups in total. The second-order valence-corrected chi connectivity index (χ2v) is 5.33. The lowest BCUT2D eigenvalue weighted by Gasteiger charge is -2.12. The van der Waals surface area contributed by atoms with Gasteiger partial charge in [0.1, 0.15) is 23.3 Å². The number of nitrogens with zero attached hydrogens (tertiary/aromatic N) is 2. The van der Waals surface area contributed by atoms with Crippen molar-refractivity contribution < 1.29 is 13.9 Å². The maximum absolute atomic E-state index is 5.82. The van der Waals surface area contributed by atoms with E-state index in [1.54, 1.807) is 14.0 Å². The Kier molecular flexibility index (Phi) is 4.65. The number of aromatic nitrogens is 2. The van der Waals surface area contributed by atoms with Crippen LogP contribution in [0.1, 0.15) is 24.7 Å². The van der Waals surface area contributed by atoms with Crippen molar-refractivity contribution in [3.05, 3.63) is 60.3 Å². The standard InChI is InChI=1S/C18H19N3O3/c1-12(18-21-20-13(2)23-18)19-14-7-9-15(10-8-14)24-17-6-4-5-16(11-17)22-3/h4-12,19H,1-3H3/t12-/m1/s1. The molecule has 2 aromatic carbocycles. The number of hydrogen-bond acceptors (Lipinski definition) is 6. The fraction of sp³-hybridized carbons (Fsp3) is 0.222. The first-order valence-corrected chi connectivity index (χ1v) is 7.62. The lowest BCUT2D eigenvalue weighted by Crippen LogP contribution is -2.06. The highest BCUT2D eigenvalue weighted by Gasteiger charge is 2.12. The summed E-state index contributed by atoms with van der Waals surface area (Å²) in [5.41, 5.74) is 0.941. The van der Waals surface area contributed by atoms with E-state index in [1.807, 2.05) is 55.5 Å². The maximum Gasteiger partial charge on any atom is 0.238 e. The van der Waals surface area contributed by atoms with E-state index in [0.717, 1.165) is 22.9 Å². The molecular weight excluding hydrogens is 306 g/mol. The Morgan fingerprint density at radius 2 is 1.75 bits per heavy atom. The quantitative estimate of drug-likeness (QED) is 0.726. The monoisotopic (exact) mass is 325 g/mol. The molecule has 0 aliphatic heterocycles. The lowest BCUT2D eigenvalue weighted by atomic mass is 10.2. The van der Waals surface area contributed by atoms with Crippen LogP contribution < -0.4 is 14.8 Å². The van der Waals surface area contributed by atoms with Crippen LogP contribution in [0.25, 0.3) is 0 Å². The van der Waals surface area contributed by atoms with Gasteiger partial charge in [0.2, 0.25) is 11.8 Å². The van der Waals surface area contributed by atoms with Crippen molar-refractivity contribution in [3.63, 3.8) is 0 Å². The topological polar surface area (TPSA) is 69.4 Å². The van der Waals surface area contributed by atoms with Crippen molar-refractivity contribution in [2.24, 2.45) is 0 Å². The van der Waals surface area contributed by atoms with Crippen molar-refractivity contribution in [3.8, 4) is 17.2 Å². The van der Waals surface area contributed by atoms with Crippen LogP contribution in [0.3, 0.4) is 0 Å². The van der Waals surface area contributed by atoms with Crippen LogP contribution in [0.5, 0.6) is 17.2 Å². The van der Waals surface area contributed by atoms with Crippen LogP contribution in [0, 0.1) is 6.92 Å². The van der Waals surface area contributed by atoms with Gasteiger partial charge in [-0.25, -0.2) is 0 Å². The Morgan fingerprint density at radius 3 is 2.42 bits per heavy atom. The van der Waals surface area contributed by atoms with E-state index >= 15 is 0 Å². The van der Waals surface area contributed by atoms with Gasteiger partial charge >= 0.3 is 0 Å². The van der Waals surface area contributed by atoms with Crippen molar-refractivity contribution >= 4 is 5.69 Å². The third-order valence-corrected chi connectivity index (χ3v) is 3.43. The number of aryl methyl sites for hydroxylation is 1. The summed E-state index contributed by atoms with van der Waals surface area (Å²) < 4.78 is 16.4. The molecule has 3 rings (SSSR count). The predicted molar refractivity (Wildman–Crippen MR) is 90.6 cm³/mol. The molecule has 6 heteroatoms. The Morgan fingerprint density at radius 1 is 1.00 bits per heavy atom. The molecule has 0 saturated heterocycles. The van der Waals surface area contributed by atoms with Gasteiger partial charge in [-0.1, -0.05) is 6.07 Å². The summed E-state index contributed by atoms with van der Waals surface area (Å²) in [6, 6.07) is 15.1. The molecule has 1 atom stereocenters. The van der Waals surface area contributed by atoms with E-state index in [-0.39, 0.29) is 6.04 Å². The van der Waals surface area contributed by atoms with E-state index < -0.39 is 0 Å². The zero-order valence-corrected chi connectivity index (χ0v) is 13.8. The third kappa shape index (κ3) is 3.84. The fourth-order valence-corrected chi connectivity index (χ4v) is 2.22. The number of rotatable bonds is 6. The second kappa shape index (κ2) is 7.04. The molecule has 0 unspecified atom stereocenters. The molecule has 0 fully saturated rings. The molecule has 0 bridgehead atoms. The number of hydrogen-bond donors (Lipinski definition) is 1. The van der Waals surface area contributed by atoms with Gasteiger partial charge < -0.3 is 19.2 Å². The average molecular weight is 325 g/mol. The third-order valence-electron chi connectivity index (χ3n) is 3.43. The van der Waals surface area contributed by atoms with Crippen LogP contribution in [-0.2, 0) is 0 Å². The summed E-state index contributed by atoms with van der Waals surface area (Å²) >= 11 is 0. The Labute approximate surface area is 140 Å². The number of anilines is 1. The largest absolute Gasteiger partial charge is 0.497 e. The van der Waals surface area contributed by atoms with E-state index in [4.69, 9.17) is 13.9 Å². The summed E-state index contributed by atoms with van der Waals surface area (Å²) in [6.45, 7) is 3.74. The van der Waals surface area contributed by atoms with Gasteiger partial charge in [0.05, 0.1) is 7.11 Å². The molecular formula is C18H19N3O3. The molecule has 3 aromatic rings. The molecule has 24 heavy (non-hydrogen) atoms. The van der Waals surface area contributed by atoms with Crippen molar-refractivity contribution in [2.45, 2.75) is 19.9 Å². The molecule has 1 aromatic heterocycles. The first-order valence-electron chi connectivity index (χ1n) is 7.62. The van der Waals surface area contributed by atoms with Gasteiger partial charge in [-0.3, -0.25) is 0 Å². The Hall–Kier alpha value is -3.02. The van der Waals surface area contributed by atoms with Crippen LogP contribution in [-0.4, -0.2) is 17.3 Å². The minimum absolute atomic E-state index is 0.0728. The van der Waals surface area contributed by atoms with Crippen LogP contribution >= 0.6 is 0 Å². The molecule has 0 radical (unpaired) electrons. The predicted octanol–water partition coefficient (Wildman–Crippen LogP) is 4.35. The first kappa shape index (κ1) is 15.9. The molecule has 0 saturated carbocycles. The SMILES string of the molecule is COc1cccc(Oc2ccc(N[C@H](C)c3nnc(C)o3)cc2)c1. The van der Waals surface area contributed by atoms with Crippen LogP contribution in [0.2, 0.25) is 0 Å². The number of methoxy groups -OCH3 is 1. The summed E-state index contributed by atoms with van der Waals surface area (Å²) in [6.07, 6.45) is 0. The van der Waals surface area contributed by atoms with E-state index in [9.17, 15) is 0 Å². The van der Waals surface area contributed by atoms with Gasteiger partial charge in [0, 0.05) is 18.7 Å². The zero-order valence-electron chi connectivity index (χ0n) is 13.8. The smallest absolute Gasteiger partial charge is 0.238 e. The normalized spacial score (nSPS) is 11.8. The van der Waals surface area contributed by atoms with Crippen LogP contribution in [0.4, 0.5) is 5.69 Å². The van der Waals surface area contributed by atoms with Gasteiger partial charge in [-0.15, -0.1) is 10.2 Å². The van der Waals surface area contributed by atoms with Gasteiger partial charge in [0.15, 0.2) is 0 Å². The van der Waals surface area contributed by atoms with Gasteiger partial charge in [-0.2, -0.15) is 0 Å². The number of ether oxygens (including phenoxy) is 2. The molecule has 0 aliphatic carbocycles. The fourth-order valence-electron chi connectivity index (χ4n) is 2.22. The summed E-state index contributed by atoms with van der Waals surface area (Å²) in [4.78, 5) is 0. The summed E-state index contributed by atoms with van der Waals surface area (Å²) in [7, 11) is 1.63. The Balaban J connectivity index is 1.64. The summed E-state index contributed by atoms with van der Waals surface area (Å²) in [5.74, 6) is 3.35. The number of benzene rings is 2. The maximum atomic E-state index is 5.82. The average Bonchev–Trinajstić information content (AvgIpc) is 3.03. The van der Waals surface area contributed by atoms with Gasteiger partial charge in [0.25, 0.3) is 0 Å². The number of nitrogens with one attached hydrogen (secondary N) is 1. The highest BCUT2D eigenvalue weighted by atomic mass is 16.5. The minimum atomic E-state index is -0.0728. The minimum Gasteiger partial charge on any atom is -0.497 e. The molecule has 0 amide bonds. The first-order chi connectivity index (χ1) is 11.6. The Bertz CT molecular complexity index is 799. The molecule has 124 valence electrons. The van der Waals surface area contributed by atoms with E-state index in [1.165, 1.54) is 0 Å². The molecule has 1 heterocycles.